The molecule has 0 heterocycles. The molecule has 6 heteroatoms. The first-order chi connectivity index (χ1) is 20.1. The summed E-state index contributed by atoms with van der Waals surface area (Å²) in [4.78, 5) is 25.8. The molecular weight excluding hydrogens is 534 g/mol. The molecule has 4 aromatic carbocycles. The molecule has 0 aliphatic heterocycles. The van der Waals surface area contributed by atoms with Crippen molar-refractivity contribution in [2.75, 3.05) is 26.4 Å². The van der Waals surface area contributed by atoms with Crippen molar-refractivity contribution in [1.29, 1.82) is 0 Å². The highest BCUT2D eigenvalue weighted by Crippen LogP contribution is 2.36. The van der Waals surface area contributed by atoms with E-state index < -0.39 is 17.3 Å². The number of rotatable bonds is 14. The van der Waals surface area contributed by atoms with E-state index in [0.717, 1.165) is 16.7 Å². The van der Waals surface area contributed by atoms with Gasteiger partial charge in [-0.1, -0.05) is 133 Å². The number of Topliss-reactive ketones (excluding diaryl/α,β-unsaturated/α-hetero) is 1. The van der Waals surface area contributed by atoms with E-state index in [4.69, 9.17) is 21.1 Å². The Morgan fingerprint density at radius 1 is 0.780 bits per heavy atom. The maximum atomic E-state index is 13.1. The monoisotopic (exact) mass is 565 g/mol. The summed E-state index contributed by atoms with van der Waals surface area (Å²) in [5.41, 5.74) is 2.96. The Kier molecular flexibility index (Phi) is 10.8. The first-order valence-electron chi connectivity index (χ1n) is 13.3. The topological polar surface area (TPSA) is 64.6 Å². The van der Waals surface area contributed by atoms with Gasteiger partial charge in [0.2, 0.25) is 0 Å². The van der Waals surface area contributed by atoms with Crippen LogP contribution < -0.4 is 5.32 Å². The van der Waals surface area contributed by atoms with E-state index in [1.807, 2.05) is 54.6 Å². The van der Waals surface area contributed by atoms with Gasteiger partial charge in [-0.15, -0.1) is 0 Å². The van der Waals surface area contributed by atoms with Crippen molar-refractivity contribution in [2.45, 2.75) is 5.54 Å². The average Bonchev–Trinajstić information content (AvgIpc) is 3.02. The summed E-state index contributed by atoms with van der Waals surface area (Å²) in [6.45, 7) is 3.89. The number of halogens is 1. The quantitative estimate of drug-likeness (QED) is 0.0354. The highest BCUT2D eigenvalue weighted by atomic mass is 35.5. The number of ether oxygens (including phenoxy) is 2. The highest BCUT2D eigenvalue weighted by Gasteiger charge is 2.35. The van der Waals surface area contributed by atoms with E-state index in [1.54, 1.807) is 24.3 Å². The van der Waals surface area contributed by atoms with Gasteiger partial charge in [0.25, 0.3) is 0 Å². The Morgan fingerprint density at radius 3 is 1.80 bits per heavy atom. The van der Waals surface area contributed by atoms with Crippen LogP contribution in [0.25, 0.3) is 6.08 Å². The fourth-order valence-electron chi connectivity index (χ4n) is 4.64. The van der Waals surface area contributed by atoms with Crippen LogP contribution in [0.1, 0.15) is 22.3 Å². The zero-order valence-corrected chi connectivity index (χ0v) is 23.4. The first kappa shape index (κ1) is 29.7. The highest BCUT2D eigenvalue weighted by molar-refractivity contribution is 6.32. The molecule has 0 spiro atoms. The third kappa shape index (κ3) is 7.47. The van der Waals surface area contributed by atoms with Crippen molar-refractivity contribution >= 4 is 29.4 Å². The standard InChI is InChI=1S/C35H32ClNO4/c1-2-23-41-34(39)31(25-27-14-12-13-21-32(27)36)33(38)26-40-24-22-37-35(28-15-6-3-7-16-28,29-17-8-4-9-18-29)30-19-10-5-11-20-30/h2-21,25,37H,1,22-24,26H2. The molecule has 41 heavy (non-hydrogen) atoms. The molecule has 0 saturated carbocycles. The van der Waals surface area contributed by atoms with Gasteiger partial charge in [0.1, 0.15) is 18.8 Å². The van der Waals surface area contributed by atoms with E-state index in [2.05, 4.69) is 48.3 Å². The third-order valence-corrected chi connectivity index (χ3v) is 6.89. The molecule has 5 nitrogen and oxygen atoms in total. The Labute approximate surface area is 246 Å². The molecule has 208 valence electrons. The molecule has 0 aliphatic rings. The lowest BCUT2D eigenvalue weighted by atomic mass is 9.77. The lowest BCUT2D eigenvalue weighted by Gasteiger charge is -2.37. The first-order valence-corrected chi connectivity index (χ1v) is 13.7. The predicted molar refractivity (Wildman–Crippen MR) is 164 cm³/mol. The number of carbonyl (C=O) groups is 2. The van der Waals surface area contributed by atoms with Gasteiger partial charge < -0.3 is 9.47 Å². The van der Waals surface area contributed by atoms with Crippen LogP contribution in [-0.2, 0) is 24.6 Å². The Hall–Kier alpha value is -4.29. The van der Waals surface area contributed by atoms with Crippen LogP contribution in [0.3, 0.4) is 0 Å². The Bertz CT molecular complexity index is 1370. The molecule has 4 aromatic rings. The molecule has 0 radical (unpaired) electrons. The van der Waals surface area contributed by atoms with Gasteiger partial charge in [0, 0.05) is 11.6 Å². The van der Waals surface area contributed by atoms with Gasteiger partial charge in [-0.05, 0) is 34.4 Å². The van der Waals surface area contributed by atoms with Crippen molar-refractivity contribution in [2.24, 2.45) is 0 Å². The van der Waals surface area contributed by atoms with E-state index >= 15 is 0 Å². The average molecular weight is 566 g/mol. The van der Waals surface area contributed by atoms with Gasteiger partial charge in [0.05, 0.1) is 12.1 Å². The molecule has 0 saturated heterocycles. The lowest BCUT2D eigenvalue weighted by Crippen LogP contribution is -2.46. The molecule has 0 fully saturated rings. The molecular formula is C35H32ClNO4. The number of carbonyl (C=O) groups excluding carboxylic acids is 2. The van der Waals surface area contributed by atoms with Crippen LogP contribution >= 0.6 is 11.6 Å². The summed E-state index contributed by atoms with van der Waals surface area (Å²) in [6.07, 6.45) is 2.87. The van der Waals surface area contributed by atoms with Crippen molar-refractivity contribution in [3.8, 4) is 0 Å². The zero-order valence-electron chi connectivity index (χ0n) is 22.7. The van der Waals surface area contributed by atoms with Crippen molar-refractivity contribution < 1.29 is 19.1 Å². The molecule has 0 amide bonds. The summed E-state index contributed by atoms with van der Waals surface area (Å²) in [5, 5.41) is 4.13. The minimum Gasteiger partial charge on any atom is -0.458 e. The van der Waals surface area contributed by atoms with E-state index in [1.165, 1.54) is 12.2 Å². The Morgan fingerprint density at radius 2 is 1.29 bits per heavy atom. The van der Waals surface area contributed by atoms with Crippen LogP contribution in [0.5, 0.6) is 0 Å². The van der Waals surface area contributed by atoms with Crippen LogP contribution in [0.2, 0.25) is 5.02 Å². The fraction of sp³-hybridized carbons (Fsp3) is 0.143. The van der Waals surface area contributed by atoms with Crippen LogP contribution in [0.15, 0.2) is 133 Å². The van der Waals surface area contributed by atoms with Crippen LogP contribution in [0, 0.1) is 0 Å². The van der Waals surface area contributed by atoms with Crippen molar-refractivity contribution in [3.63, 3.8) is 0 Å². The number of benzene rings is 4. The number of hydrogen-bond donors (Lipinski definition) is 1. The van der Waals surface area contributed by atoms with Gasteiger partial charge in [-0.2, -0.15) is 0 Å². The van der Waals surface area contributed by atoms with Gasteiger partial charge in [-0.3, -0.25) is 10.1 Å². The second-order valence-electron chi connectivity index (χ2n) is 9.22. The maximum Gasteiger partial charge on any atom is 0.342 e. The third-order valence-electron chi connectivity index (χ3n) is 6.55. The zero-order chi connectivity index (χ0) is 28.9. The maximum absolute atomic E-state index is 13.1. The lowest BCUT2D eigenvalue weighted by molar-refractivity contribution is -0.139. The second-order valence-corrected chi connectivity index (χ2v) is 9.62. The minimum atomic E-state index is -0.757. The normalized spacial score (nSPS) is 11.6. The molecule has 0 aromatic heterocycles. The van der Waals surface area contributed by atoms with Crippen LogP contribution in [0.4, 0.5) is 0 Å². The molecule has 0 unspecified atom stereocenters. The summed E-state index contributed by atoms with van der Waals surface area (Å²) in [5.74, 6) is -1.26. The summed E-state index contributed by atoms with van der Waals surface area (Å²) in [7, 11) is 0. The SMILES string of the molecule is C=CCOC(=O)C(=Cc1ccccc1Cl)C(=O)COCCNC(c1ccccc1)(c1ccccc1)c1ccccc1. The molecule has 0 bridgehead atoms. The predicted octanol–water partition coefficient (Wildman–Crippen LogP) is 6.62. The van der Waals surface area contributed by atoms with E-state index in [0.29, 0.717) is 17.1 Å². The van der Waals surface area contributed by atoms with E-state index in [9.17, 15) is 9.59 Å². The van der Waals surface area contributed by atoms with Gasteiger partial charge >= 0.3 is 5.97 Å². The number of hydrogen-bond acceptors (Lipinski definition) is 5. The largest absolute Gasteiger partial charge is 0.458 e. The summed E-state index contributed by atoms with van der Waals surface area (Å²) >= 11 is 6.26. The second kappa shape index (κ2) is 14.9. The number of ketones is 1. The number of esters is 1. The summed E-state index contributed by atoms with van der Waals surface area (Å²) < 4.78 is 10.9. The fourth-order valence-corrected chi connectivity index (χ4v) is 4.83. The Balaban J connectivity index is 1.52. The molecule has 0 atom stereocenters. The van der Waals surface area contributed by atoms with Crippen molar-refractivity contribution in [1.82, 2.24) is 5.32 Å². The molecule has 1 N–H and O–H groups in total. The van der Waals surface area contributed by atoms with Crippen molar-refractivity contribution in [3.05, 3.63) is 161 Å². The molecule has 4 rings (SSSR count). The minimum absolute atomic E-state index is 0.0166. The molecule has 0 aliphatic carbocycles. The van der Waals surface area contributed by atoms with Gasteiger partial charge in [0.15, 0.2) is 5.78 Å². The smallest absolute Gasteiger partial charge is 0.342 e. The van der Waals surface area contributed by atoms with Gasteiger partial charge in [-0.25, -0.2) is 4.79 Å². The van der Waals surface area contributed by atoms with Crippen LogP contribution in [-0.4, -0.2) is 38.1 Å². The van der Waals surface area contributed by atoms with E-state index in [-0.39, 0.29) is 25.4 Å². The summed E-state index contributed by atoms with van der Waals surface area (Å²) in [6, 6.07) is 37.6. The number of nitrogens with one attached hydrogen (secondary N) is 1.